The first kappa shape index (κ1) is 12.4. The first-order valence-corrected chi connectivity index (χ1v) is 6.45. The molecule has 0 unspecified atom stereocenters. The van der Waals surface area contributed by atoms with E-state index in [0.717, 1.165) is 15.9 Å². The van der Waals surface area contributed by atoms with E-state index in [-0.39, 0.29) is 0 Å². The van der Waals surface area contributed by atoms with Crippen molar-refractivity contribution in [1.29, 1.82) is 0 Å². The van der Waals surface area contributed by atoms with E-state index in [4.69, 9.17) is 9.15 Å². The van der Waals surface area contributed by atoms with Crippen molar-refractivity contribution in [3.05, 3.63) is 39.3 Å². The molecule has 0 spiro atoms. The summed E-state index contributed by atoms with van der Waals surface area (Å²) in [7, 11) is 1.59. The molecular formula is C11H10Br2N2O2. The van der Waals surface area contributed by atoms with Gasteiger partial charge in [0.25, 0.3) is 0 Å². The number of methoxy groups -OCH3 is 1. The Hall–Kier alpha value is -1.01. The molecule has 2 heterocycles. The van der Waals surface area contributed by atoms with Crippen molar-refractivity contribution in [1.82, 2.24) is 4.98 Å². The molecule has 0 saturated carbocycles. The molecule has 0 radical (unpaired) electrons. The second-order valence-corrected chi connectivity index (χ2v) is 4.85. The Balaban J connectivity index is 1.97. The highest BCUT2D eigenvalue weighted by Gasteiger charge is 2.05. The summed E-state index contributed by atoms with van der Waals surface area (Å²) in [5, 5.41) is 3.20. The lowest BCUT2D eigenvalue weighted by molar-refractivity contribution is 0.398. The Morgan fingerprint density at radius 2 is 2.24 bits per heavy atom. The van der Waals surface area contributed by atoms with Crippen LogP contribution < -0.4 is 10.1 Å². The summed E-state index contributed by atoms with van der Waals surface area (Å²) in [5.74, 6) is 1.43. The van der Waals surface area contributed by atoms with Gasteiger partial charge in [-0.1, -0.05) is 0 Å². The fourth-order valence-electron chi connectivity index (χ4n) is 1.27. The average Bonchev–Trinajstić information content (AvgIpc) is 2.67. The molecule has 0 aliphatic carbocycles. The van der Waals surface area contributed by atoms with Crippen molar-refractivity contribution in [2.45, 2.75) is 6.54 Å². The summed E-state index contributed by atoms with van der Waals surface area (Å²) in [6.45, 7) is 0.595. The minimum Gasteiger partial charge on any atom is -0.481 e. The SMILES string of the molecule is COc1ccc(NCc2cc(Br)c(Br)o2)cn1. The number of halogens is 2. The maximum absolute atomic E-state index is 5.44. The predicted molar refractivity (Wildman–Crippen MR) is 72.2 cm³/mol. The van der Waals surface area contributed by atoms with Gasteiger partial charge in [-0.25, -0.2) is 4.98 Å². The fraction of sp³-hybridized carbons (Fsp3) is 0.182. The summed E-state index contributed by atoms with van der Waals surface area (Å²) < 4.78 is 12.0. The summed E-state index contributed by atoms with van der Waals surface area (Å²) in [6.07, 6.45) is 1.71. The molecular weight excluding hydrogens is 352 g/mol. The van der Waals surface area contributed by atoms with Crippen molar-refractivity contribution in [2.75, 3.05) is 12.4 Å². The smallest absolute Gasteiger partial charge is 0.213 e. The number of hydrogen-bond donors (Lipinski definition) is 1. The van der Waals surface area contributed by atoms with Gasteiger partial charge < -0.3 is 14.5 Å². The first-order valence-electron chi connectivity index (χ1n) is 4.86. The van der Waals surface area contributed by atoms with Gasteiger partial charge in [-0.05, 0) is 44.0 Å². The van der Waals surface area contributed by atoms with Crippen LogP contribution in [0.4, 0.5) is 5.69 Å². The third-order valence-electron chi connectivity index (χ3n) is 2.11. The second-order valence-electron chi connectivity index (χ2n) is 3.28. The van der Waals surface area contributed by atoms with Gasteiger partial charge in [0.05, 0.1) is 30.0 Å². The van der Waals surface area contributed by atoms with Crippen LogP contribution in [0.25, 0.3) is 0 Å². The molecule has 2 aromatic heterocycles. The van der Waals surface area contributed by atoms with Gasteiger partial charge in [-0.15, -0.1) is 0 Å². The minimum absolute atomic E-state index is 0.595. The molecule has 0 amide bonds. The van der Waals surface area contributed by atoms with E-state index in [0.29, 0.717) is 17.1 Å². The Morgan fingerprint density at radius 1 is 1.41 bits per heavy atom. The molecule has 0 aliphatic rings. The molecule has 17 heavy (non-hydrogen) atoms. The number of furan rings is 1. The van der Waals surface area contributed by atoms with Crippen molar-refractivity contribution in [3.63, 3.8) is 0 Å². The van der Waals surface area contributed by atoms with Crippen molar-refractivity contribution in [2.24, 2.45) is 0 Å². The highest BCUT2D eigenvalue weighted by molar-refractivity contribution is 9.13. The van der Waals surface area contributed by atoms with Gasteiger partial charge in [0.2, 0.25) is 5.88 Å². The molecule has 90 valence electrons. The molecule has 2 aromatic rings. The topological polar surface area (TPSA) is 47.3 Å². The van der Waals surface area contributed by atoms with E-state index in [2.05, 4.69) is 42.2 Å². The Kier molecular flexibility index (Phi) is 4.06. The minimum atomic E-state index is 0.595. The van der Waals surface area contributed by atoms with Gasteiger partial charge in [0.1, 0.15) is 5.76 Å². The van der Waals surface area contributed by atoms with Crippen LogP contribution in [0.3, 0.4) is 0 Å². The maximum Gasteiger partial charge on any atom is 0.213 e. The normalized spacial score (nSPS) is 10.3. The van der Waals surface area contributed by atoms with Crippen LogP contribution in [-0.4, -0.2) is 12.1 Å². The number of hydrogen-bond acceptors (Lipinski definition) is 4. The standard InChI is InChI=1S/C11H10Br2N2O2/c1-16-10-3-2-7(5-15-10)14-6-8-4-9(12)11(13)17-8/h2-5,14H,6H2,1H3. The molecule has 4 nitrogen and oxygen atoms in total. The number of ether oxygens (including phenoxy) is 1. The summed E-state index contributed by atoms with van der Waals surface area (Å²) in [6, 6.07) is 5.61. The predicted octanol–water partition coefficient (Wildman–Crippen LogP) is 3.82. The quantitative estimate of drug-likeness (QED) is 0.899. The van der Waals surface area contributed by atoms with Crippen LogP contribution in [0.1, 0.15) is 5.76 Å². The second kappa shape index (κ2) is 5.55. The number of anilines is 1. The fourth-order valence-corrected chi connectivity index (χ4v) is 1.93. The third-order valence-corrected chi connectivity index (χ3v) is 3.82. The largest absolute Gasteiger partial charge is 0.481 e. The lowest BCUT2D eigenvalue weighted by Gasteiger charge is -2.04. The van der Waals surface area contributed by atoms with Crippen molar-refractivity contribution < 1.29 is 9.15 Å². The zero-order chi connectivity index (χ0) is 12.3. The van der Waals surface area contributed by atoms with Crippen LogP contribution in [0.15, 0.2) is 38.0 Å². The summed E-state index contributed by atoms with van der Waals surface area (Å²) in [4.78, 5) is 4.10. The maximum atomic E-state index is 5.44. The van der Waals surface area contributed by atoms with E-state index >= 15 is 0 Å². The average molecular weight is 362 g/mol. The van der Waals surface area contributed by atoms with Crippen LogP contribution >= 0.6 is 31.9 Å². The van der Waals surface area contributed by atoms with Gasteiger partial charge in [-0.2, -0.15) is 0 Å². The number of pyridine rings is 1. The van der Waals surface area contributed by atoms with Gasteiger partial charge >= 0.3 is 0 Å². The number of nitrogens with zero attached hydrogens (tertiary/aromatic N) is 1. The number of aromatic nitrogens is 1. The molecule has 2 rings (SSSR count). The zero-order valence-electron chi connectivity index (χ0n) is 9.04. The van der Waals surface area contributed by atoms with E-state index in [1.165, 1.54) is 0 Å². The van der Waals surface area contributed by atoms with Crippen LogP contribution in [0.5, 0.6) is 5.88 Å². The van der Waals surface area contributed by atoms with Crippen LogP contribution in [0.2, 0.25) is 0 Å². The Morgan fingerprint density at radius 3 is 2.76 bits per heavy atom. The molecule has 0 fully saturated rings. The molecule has 0 saturated heterocycles. The number of rotatable bonds is 4. The third kappa shape index (κ3) is 3.23. The van der Waals surface area contributed by atoms with Gasteiger partial charge in [0.15, 0.2) is 4.67 Å². The molecule has 0 bridgehead atoms. The highest BCUT2D eigenvalue weighted by atomic mass is 79.9. The lowest BCUT2D eigenvalue weighted by atomic mass is 10.4. The van der Waals surface area contributed by atoms with Crippen molar-refractivity contribution >= 4 is 37.5 Å². The highest BCUT2D eigenvalue weighted by Crippen LogP contribution is 2.27. The van der Waals surface area contributed by atoms with E-state index in [1.54, 1.807) is 19.4 Å². The Bertz CT molecular complexity index is 477. The summed E-state index contributed by atoms with van der Waals surface area (Å²) >= 11 is 6.65. The molecule has 0 aliphatic heterocycles. The Labute approximate surface area is 116 Å². The van der Waals surface area contributed by atoms with Gasteiger partial charge in [0, 0.05) is 6.07 Å². The molecule has 1 N–H and O–H groups in total. The molecule has 0 atom stereocenters. The monoisotopic (exact) mass is 360 g/mol. The molecule has 6 heteroatoms. The zero-order valence-corrected chi connectivity index (χ0v) is 12.2. The van der Waals surface area contributed by atoms with E-state index in [1.807, 2.05) is 12.1 Å². The van der Waals surface area contributed by atoms with Gasteiger partial charge in [-0.3, -0.25) is 0 Å². The summed E-state index contributed by atoms with van der Waals surface area (Å²) in [5.41, 5.74) is 0.912. The lowest BCUT2D eigenvalue weighted by Crippen LogP contribution is -1.98. The van der Waals surface area contributed by atoms with E-state index in [9.17, 15) is 0 Å². The molecule has 0 aromatic carbocycles. The van der Waals surface area contributed by atoms with Crippen LogP contribution in [-0.2, 0) is 6.54 Å². The van der Waals surface area contributed by atoms with Crippen molar-refractivity contribution in [3.8, 4) is 5.88 Å². The van der Waals surface area contributed by atoms with Crippen LogP contribution in [0, 0.1) is 0 Å². The first-order chi connectivity index (χ1) is 8.19. The van der Waals surface area contributed by atoms with E-state index < -0.39 is 0 Å². The number of nitrogens with one attached hydrogen (secondary N) is 1.